The molecule has 2 atom stereocenters. The van der Waals surface area contributed by atoms with Gasteiger partial charge in [-0.15, -0.1) is 0 Å². The highest BCUT2D eigenvalue weighted by Crippen LogP contribution is 2.29. The lowest BCUT2D eigenvalue weighted by molar-refractivity contribution is -0.134. The van der Waals surface area contributed by atoms with Crippen molar-refractivity contribution in [1.29, 1.82) is 0 Å². The summed E-state index contributed by atoms with van der Waals surface area (Å²) in [6.45, 7) is 7.20. The van der Waals surface area contributed by atoms with Crippen molar-refractivity contribution < 1.29 is 4.79 Å². The number of anilines is 1. The minimum atomic E-state index is 0.107. The minimum Gasteiger partial charge on any atom is -0.384 e. The summed E-state index contributed by atoms with van der Waals surface area (Å²) in [5.74, 6) is 1.81. The first kappa shape index (κ1) is 13.5. The molecule has 3 rings (SSSR count). The summed E-state index contributed by atoms with van der Waals surface area (Å²) in [6.07, 6.45) is 2.05. The molecule has 1 N–H and O–H groups in total. The lowest BCUT2D eigenvalue weighted by Gasteiger charge is -2.29. The number of nitrogens with one attached hydrogen (secondary N) is 1. The largest absolute Gasteiger partial charge is 0.384 e. The minimum absolute atomic E-state index is 0.107. The van der Waals surface area contributed by atoms with Gasteiger partial charge in [0.1, 0.15) is 0 Å². The Morgan fingerprint density at radius 1 is 1.35 bits per heavy atom. The van der Waals surface area contributed by atoms with E-state index >= 15 is 0 Å². The molecular formula is C17H24N2O. The van der Waals surface area contributed by atoms with E-state index in [4.69, 9.17) is 0 Å². The molecule has 3 nitrogen and oxygen atoms in total. The second kappa shape index (κ2) is 5.47. The number of rotatable bonds is 2. The Kier molecular flexibility index (Phi) is 3.68. The van der Waals surface area contributed by atoms with E-state index < -0.39 is 0 Å². The molecule has 20 heavy (non-hydrogen) atoms. The van der Waals surface area contributed by atoms with Gasteiger partial charge in [0.15, 0.2) is 0 Å². The van der Waals surface area contributed by atoms with Gasteiger partial charge < -0.3 is 10.2 Å². The molecule has 108 valence electrons. The van der Waals surface area contributed by atoms with E-state index in [1.807, 2.05) is 6.07 Å². The monoisotopic (exact) mass is 272 g/mol. The average molecular weight is 272 g/mol. The Hall–Kier alpha value is -1.51. The van der Waals surface area contributed by atoms with Gasteiger partial charge in [-0.25, -0.2) is 0 Å². The number of para-hydroxylation sites is 1. The van der Waals surface area contributed by atoms with Crippen molar-refractivity contribution in [2.45, 2.75) is 26.7 Å². The van der Waals surface area contributed by atoms with Gasteiger partial charge in [-0.3, -0.25) is 4.79 Å². The van der Waals surface area contributed by atoms with Crippen LogP contribution in [-0.4, -0.2) is 30.4 Å². The Bertz CT molecular complexity index is 498. The highest BCUT2D eigenvalue weighted by Gasteiger charge is 2.33. The Balaban J connectivity index is 1.65. The zero-order valence-corrected chi connectivity index (χ0v) is 12.4. The zero-order valence-electron chi connectivity index (χ0n) is 12.4. The number of hydrogen-bond acceptors (Lipinski definition) is 2. The van der Waals surface area contributed by atoms with E-state index in [-0.39, 0.29) is 5.92 Å². The maximum absolute atomic E-state index is 12.7. The van der Waals surface area contributed by atoms with Crippen LogP contribution in [0, 0.1) is 17.8 Å². The number of carbonyl (C=O) groups excluding carboxylic acids is 1. The fourth-order valence-electron chi connectivity index (χ4n) is 3.41. The first-order valence-corrected chi connectivity index (χ1v) is 7.75. The van der Waals surface area contributed by atoms with E-state index in [1.54, 1.807) is 0 Å². The number of benzene rings is 1. The van der Waals surface area contributed by atoms with E-state index in [2.05, 4.69) is 42.3 Å². The predicted molar refractivity (Wildman–Crippen MR) is 81.7 cm³/mol. The average Bonchev–Trinajstić information content (AvgIpc) is 2.96. The molecule has 3 heteroatoms. The van der Waals surface area contributed by atoms with Gasteiger partial charge in [0.25, 0.3) is 0 Å². The van der Waals surface area contributed by atoms with Crippen molar-refractivity contribution in [3.8, 4) is 0 Å². The van der Waals surface area contributed by atoms with Crippen LogP contribution in [0.15, 0.2) is 24.3 Å². The standard InChI is InChI=1S/C17H24N2O/c1-12(2)14-7-8-19(11-14)17(20)15-9-13-5-3-4-6-16(13)18-10-15/h3-6,12,14-15,18H,7-11H2,1-2H3. The van der Waals surface area contributed by atoms with Gasteiger partial charge in [-0.1, -0.05) is 32.0 Å². The third-order valence-corrected chi connectivity index (χ3v) is 4.85. The maximum Gasteiger partial charge on any atom is 0.227 e. The predicted octanol–water partition coefficient (Wildman–Crippen LogP) is 2.78. The van der Waals surface area contributed by atoms with E-state index in [0.29, 0.717) is 17.7 Å². The Morgan fingerprint density at radius 3 is 2.90 bits per heavy atom. The molecular weight excluding hydrogens is 248 g/mol. The lowest BCUT2D eigenvalue weighted by Crippen LogP contribution is -2.40. The topological polar surface area (TPSA) is 32.3 Å². The number of fused-ring (bicyclic) bond motifs is 1. The van der Waals surface area contributed by atoms with Crippen molar-refractivity contribution in [1.82, 2.24) is 4.90 Å². The summed E-state index contributed by atoms with van der Waals surface area (Å²) in [4.78, 5) is 14.8. The molecule has 0 spiro atoms. The van der Waals surface area contributed by atoms with Crippen LogP contribution >= 0.6 is 0 Å². The molecule has 0 saturated carbocycles. The summed E-state index contributed by atoms with van der Waals surface area (Å²) in [5.41, 5.74) is 2.47. The van der Waals surface area contributed by atoms with E-state index in [1.165, 1.54) is 17.7 Å². The lowest BCUT2D eigenvalue weighted by atomic mass is 9.92. The summed E-state index contributed by atoms with van der Waals surface area (Å²) >= 11 is 0. The number of nitrogens with zero attached hydrogens (tertiary/aromatic N) is 1. The van der Waals surface area contributed by atoms with Crippen LogP contribution in [-0.2, 0) is 11.2 Å². The molecule has 1 fully saturated rings. The quantitative estimate of drug-likeness (QED) is 0.898. The zero-order chi connectivity index (χ0) is 14.1. The Morgan fingerprint density at radius 2 is 2.15 bits per heavy atom. The fourth-order valence-corrected chi connectivity index (χ4v) is 3.41. The molecule has 0 radical (unpaired) electrons. The maximum atomic E-state index is 12.7. The molecule has 2 aliphatic rings. The normalized spacial score (nSPS) is 25.4. The molecule has 0 bridgehead atoms. The van der Waals surface area contributed by atoms with Crippen molar-refractivity contribution in [2.75, 3.05) is 25.0 Å². The van der Waals surface area contributed by atoms with Gasteiger partial charge in [0, 0.05) is 25.3 Å². The summed E-state index contributed by atoms with van der Waals surface area (Å²) < 4.78 is 0. The first-order chi connectivity index (χ1) is 9.65. The Labute approximate surface area is 121 Å². The van der Waals surface area contributed by atoms with Crippen molar-refractivity contribution in [2.24, 2.45) is 17.8 Å². The van der Waals surface area contributed by atoms with Gasteiger partial charge in [0.2, 0.25) is 5.91 Å². The molecule has 0 aromatic heterocycles. The van der Waals surface area contributed by atoms with Gasteiger partial charge in [-0.2, -0.15) is 0 Å². The number of amides is 1. The number of hydrogen-bond donors (Lipinski definition) is 1. The third-order valence-electron chi connectivity index (χ3n) is 4.85. The summed E-state index contributed by atoms with van der Waals surface area (Å²) in [5, 5.41) is 3.40. The van der Waals surface area contributed by atoms with Crippen LogP contribution in [0.1, 0.15) is 25.8 Å². The third kappa shape index (κ3) is 2.54. The van der Waals surface area contributed by atoms with Crippen molar-refractivity contribution in [3.63, 3.8) is 0 Å². The first-order valence-electron chi connectivity index (χ1n) is 7.75. The second-order valence-electron chi connectivity index (χ2n) is 6.52. The molecule has 1 aromatic rings. The van der Waals surface area contributed by atoms with Crippen LogP contribution in [0.5, 0.6) is 0 Å². The van der Waals surface area contributed by atoms with Crippen LogP contribution < -0.4 is 5.32 Å². The van der Waals surface area contributed by atoms with Gasteiger partial charge >= 0.3 is 0 Å². The van der Waals surface area contributed by atoms with Crippen LogP contribution in [0.3, 0.4) is 0 Å². The number of likely N-dealkylation sites (tertiary alicyclic amines) is 1. The molecule has 1 saturated heterocycles. The number of carbonyl (C=O) groups is 1. The molecule has 2 aliphatic heterocycles. The molecule has 1 amide bonds. The van der Waals surface area contributed by atoms with E-state index in [0.717, 1.165) is 26.1 Å². The van der Waals surface area contributed by atoms with E-state index in [9.17, 15) is 4.79 Å². The van der Waals surface area contributed by atoms with Crippen LogP contribution in [0.2, 0.25) is 0 Å². The fraction of sp³-hybridized carbons (Fsp3) is 0.588. The molecule has 2 unspecified atom stereocenters. The summed E-state index contributed by atoms with van der Waals surface area (Å²) in [6, 6.07) is 8.32. The van der Waals surface area contributed by atoms with Crippen molar-refractivity contribution >= 4 is 11.6 Å². The highest BCUT2D eigenvalue weighted by molar-refractivity contribution is 5.81. The second-order valence-corrected chi connectivity index (χ2v) is 6.52. The highest BCUT2D eigenvalue weighted by atomic mass is 16.2. The molecule has 1 aromatic carbocycles. The summed E-state index contributed by atoms with van der Waals surface area (Å²) in [7, 11) is 0. The van der Waals surface area contributed by atoms with Crippen LogP contribution in [0.4, 0.5) is 5.69 Å². The van der Waals surface area contributed by atoms with Gasteiger partial charge in [-0.05, 0) is 36.3 Å². The van der Waals surface area contributed by atoms with Crippen LogP contribution in [0.25, 0.3) is 0 Å². The molecule has 0 aliphatic carbocycles. The molecule has 2 heterocycles. The van der Waals surface area contributed by atoms with Crippen molar-refractivity contribution in [3.05, 3.63) is 29.8 Å². The smallest absolute Gasteiger partial charge is 0.227 e. The SMILES string of the molecule is CC(C)C1CCN(C(=O)C2CNc3ccccc3C2)C1. The van der Waals surface area contributed by atoms with Gasteiger partial charge in [0.05, 0.1) is 5.92 Å².